The van der Waals surface area contributed by atoms with E-state index in [0.29, 0.717) is 17.1 Å². The summed E-state index contributed by atoms with van der Waals surface area (Å²) in [6, 6.07) is 8.26. The summed E-state index contributed by atoms with van der Waals surface area (Å²) in [5.74, 6) is 0.432. The molecule has 2 heterocycles. The highest BCUT2D eigenvalue weighted by atomic mass is 35.5. The maximum absolute atomic E-state index is 12.0. The van der Waals surface area contributed by atoms with Gasteiger partial charge < -0.3 is 13.7 Å². The average molecular weight is 403 g/mol. The van der Waals surface area contributed by atoms with Crippen LogP contribution in [0.1, 0.15) is 34.5 Å². The zero-order chi connectivity index (χ0) is 20.3. The molecule has 0 aliphatic heterocycles. The Balaban J connectivity index is 1.86. The summed E-state index contributed by atoms with van der Waals surface area (Å²) >= 11 is 6.07. The summed E-state index contributed by atoms with van der Waals surface area (Å²) in [5.41, 5.74) is 0.869. The van der Waals surface area contributed by atoms with Gasteiger partial charge in [-0.05, 0) is 56.3 Å². The van der Waals surface area contributed by atoms with Gasteiger partial charge in [0.2, 0.25) is 5.76 Å². The van der Waals surface area contributed by atoms with E-state index in [-0.39, 0.29) is 34.3 Å². The van der Waals surface area contributed by atoms with Crippen LogP contribution in [-0.2, 0) is 4.74 Å². The molecular weight excluding hydrogens is 388 g/mol. The first-order valence-electron chi connectivity index (χ1n) is 8.26. The molecule has 0 aliphatic carbocycles. The van der Waals surface area contributed by atoms with E-state index in [1.54, 1.807) is 37.3 Å². The fraction of sp³-hybridized carbons (Fsp3) is 0.158. The third-order valence-electron chi connectivity index (χ3n) is 3.81. The number of furan rings is 1. The van der Waals surface area contributed by atoms with Crippen LogP contribution in [0, 0.1) is 17.0 Å². The van der Waals surface area contributed by atoms with Crippen LogP contribution in [0.3, 0.4) is 0 Å². The fourth-order valence-corrected chi connectivity index (χ4v) is 2.71. The molecule has 3 aromatic rings. The molecule has 144 valence electrons. The van der Waals surface area contributed by atoms with Crippen molar-refractivity contribution in [3.05, 3.63) is 68.2 Å². The Labute approximate surface area is 164 Å². The summed E-state index contributed by atoms with van der Waals surface area (Å²) in [7, 11) is 0. The minimum absolute atomic E-state index is 0.0246. The van der Waals surface area contributed by atoms with Crippen LogP contribution in [0.15, 0.2) is 39.3 Å². The normalized spacial score (nSPS) is 11.1. The number of ether oxygens (including phenoxy) is 1. The molecule has 9 heteroatoms. The summed E-state index contributed by atoms with van der Waals surface area (Å²) in [4.78, 5) is 22.5. The molecule has 0 amide bonds. The predicted octanol–water partition coefficient (Wildman–Crippen LogP) is 5.15. The highest BCUT2D eigenvalue weighted by Crippen LogP contribution is 2.29. The highest BCUT2D eigenvalue weighted by molar-refractivity contribution is 6.33. The van der Waals surface area contributed by atoms with Crippen LogP contribution in [0.25, 0.3) is 23.5 Å². The lowest BCUT2D eigenvalue weighted by Gasteiger charge is -2.05. The van der Waals surface area contributed by atoms with Crippen LogP contribution in [0.5, 0.6) is 0 Å². The number of nitrogens with zero attached hydrogens (tertiary/aromatic N) is 2. The van der Waals surface area contributed by atoms with Gasteiger partial charge in [-0.1, -0.05) is 16.8 Å². The number of halogens is 1. The van der Waals surface area contributed by atoms with E-state index in [4.69, 9.17) is 25.3 Å². The van der Waals surface area contributed by atoms with E-state index < -0.39 is 10.9 Å². The molecule has 2 aromatic heterocycles. The summed E-state index contributed by atoms with van der Waals surface area (Å²) in [5, 5.41) is 14.9. The maximum Gasteiger partial charge on any atom is 0.339 e. The molecule has 0 fully saturated rings. The molecular formula is C19H15ClN2O6. The minimum Gasteiger partial charge on any atom is -0.462 e. The number of carbonyl (C=O) groups is 1. The predicted molar refractivity (Wildman–Crippen MR) is 102 cm³/mol. The Morgan fingerprint density at radius 3 is 2.82 bits per heavy atom. The van der Waals surface area contributed by atoms with Gasteiger partial charge in [0.15, 0.2) is 5.69 Å². The Hall–Kier alpha value is -3.39. The van der Waals surface area contributed by atoms with Gasteiger partial charge in [-0.3, -0.25) is 10.1 Å². The number of hydrogen-bond donors (Lipinski definition) is 0. The number of benzene rings is 1. The molecule has 0 bridgehead atoms. The summed E-state index contributed by atoms with van der Waals surface area (Å²) in [6.07, 6.45) is 2.94. The largest absolute Gasteiger partial charge is 0.462 e. The number of aryl methyl sites for hydroxylation is 1. The molecule has 0 radical (unpaired) electrons. The minimum atomic E-state index is -0.552. The molecule has 8 nitrogen and oxygen atoms in total. The van der Waals surface area contributed by atoms with E-state index in [1.165, 1.54) is 19.1 Å². The average Bonchev–Trinajstić information content (AvgIpc) is 3.27. The molecule has 0 N–H and O–H groups in total. The second-order valence-electron chi connectivity index (χ2n) is 5.69. The monoisotopic (exact) mass is 402 g/mol. The molecule has 3 rings (SSSR count). The number of aromatic nitrogens is 1. The van der Waals surface area contributed by atoms with Crippen molar-refractivity contribution in [1.82, 2.24) is 5.16 Å². The standard InChI is InChI=1S/C19H15ClN2O6/c1-3-26-19(23)14-10-12(4-7-15(14)20)16-8-5-13(27-16)6-9-17-18(22(24)25)11(2)21-28-17/h4-10H,3H2,1-2H3/b9-6+. The summed E-state index contributed by atoms with van der Waals surface area (Å²) < 4.78 is 15.7. The van der Waals surface area contributed by atoms with Crippen LogP contribution < -0.4 is 0 Å². The van der Waals surface area contributed by atoms with E-state index in [1.807, 2.05) is 0 Å². The Morgan fingerprint density at radius 1 is 1.32 bits per heavy atom. The van der Waals surface area contributed by atoms with Crippen molar-refractivity contribution in [3.8, 4) is 11.3 Å². The lowest BCUT2D eigenvalue weighted by Crippen LogP contribution is -2.05. The third kappa shape index (κ3) is 3.96. The SMILES string of the molecule is CCOC(=O)c1cc(-c2ccc(/C=C/c3onc(C)c3[N+](=O)[O-])o2)ccc1Cl. The zero-order valence-corrected chi connectivity index (χ0v) is 15.7. The van der Waals surface area contributed by atoms with Crippen molar-refractivity contribution >= 4 is 35.4 Å². The quantitative estimate of drug-likeness (QED) is 0.318. The Bertz CT molecular complexity index is 1070. The van der Waals surface area contributed by atoms with Crippen molar-refractivity contribution in [2.45, 2.75) is 13.8 Å². The fourth-order valence-electron chi connectivity index (χ4n) is 2.51. The first kappa shape index (κ1) is 19.4. The molecule has 0 aliphatic rings. The van der Waals surface area contributed by atoms with Crippen LogP contribution in [-0.4, -0.2) is 22.7 Å². The second kappa shape index (κ2) is 8.10. The molecule has 0 saturated carbocycles. The van der Waals surface area contributed by atoms with E-state index in [9.17, 15) is 14.9 Å². The molecule has 1 aromatic carbocycles. The molecule has 0 atom stereocenters. The van der Waals surface area contributed by atoms with Gasteiger partial charge >= 0.3 is 11.7 Å². The van der Waals surface area contributed by atoms with Crippen LogP contribution in [0.4, 0.5) is 5.69 Å². The van der Waals surface area contributed by atoms with Crippen LogP contribution in [0.2, 0.25) is 5.02 Å². The topological polar surface area (TPSA) is 109 Å². The van der Waals surface area contributed by atoms with Crippen molar-refractivity contribution < 1.29 is 23.4 Å². The first-order chi connectivity index (χ1) is 13.4. The number of rotatable bonds is 6. The third-order valence-corrected chi connectivity index (χ3v) is 4.14. The van der Waals surface area contributed by atoms with Gasteiger partial charge in [0.1, 0.15) is 11.5 Å². The Kier molecular flexibility index (Phi) is 5.60. The van der Waals surface area contributed by atoms with Crippen molar-refractivity contribution in [2.24, 2.45) is 0 Å². The van der Waals surface area contributed by atoms with Crippen LogP contribution >= 0.6 is 11.6 Å². The van der Waals surface area contributed by atoms with Gasteiger partial charge in [0.25, 0.3) is 0 Å². The molecule has 0 spiro atoms. The molecule has 28 heavy (non-hydrogen) atoms. The molecule has 0 saturated heterocycles. The lowest BCUT2D eigenvalue weighted by atomic mass is 10.1. The smallest absolute Gasteiger partial charge is 0.339 e. The maximum atomic E-state index is 12.0. The number of carbonyl (C=O) groups excluding carboxylic acids is 1. The van der Waals surface area contributed by atoms with Gasteiger partial charge in [0, 0.05) is 5.56 Å². The number of nitro groups is 1. The summed E-state index contributed by atoms with van der Waals surface area (Å²) in [6.45, 7) is 3.44. The van der Waals surface area contributed by atoms with E-state index >= 15 is 0 Å². The van der Waals surface area contributed by atoms with Crippen molar-refractivity contribution in [1.29, 1.82) is 0 Å². The molecule has 0 unspecified atom stereocenters. The van der Waals surface area contributed by atoms with Gasteiger partial charge in [-0.2, -0.15) is 0 Å². The van der Waals surface area contributed by atoms with E-state index in [0.717, 1.165) is 0 Å². The lowest BCUT2D eigenvalue weighted by molar-refractivity contribution is -0.386. The van der Waals surface area contributed by atoms with Crippen molar-refractivity contribution in [3.63, 3.8) is 0 Å². The Morgan fingerprint density at radius 2 is 2.11 bits per heavy atom. The van der Waals surface area contributed by atoms with Gasteiger partial charge in [0.05, 0.1) is 22.1 Å². The first-order valence-corrected chi connectivity index (χ1v) is 8.64. The zero-order valence-electron chi connectivity index (χ0n) is 15.0. The highest BCUT2D eigenvalue weighted by Gasteiger charge is 2.22. The number of esters is 1. The number of hydrogen-bond acceptors (Lipinski definition) is 7. The second-order valence-corrected chi connectivity index (χ2v) is 6.10. The van der Waals surface area contributed by atoms with Gasteiger partial charge in [-0.25, -0.2) is 4.79 Å². The van der Waals surface area contributed by atoms with Gasteiger partial charge in [-0.15, -0.1) is 0 Å². The van der Waals surface area contributed by atoms with E-state index in [2.05, 4.69) is 5.16 Å². The van der Waals surface area contributed by atoms with Crippen molar-refractivity contribution in [2.75, 3.05) is 6.61 Å².